The first kappa shape index (κ1) is 20.1. The molecule has 29 heavy (non-hydrogen) atoms. The Hall–Kier alpha value is -3.61. The summed E-state index contributed by atoms with van der Waals surface area (Å²) in [5.41, 5.74) is 8.64. The summed E-state index contributed by atoms with van der Waals surface area (Å²) in [7, 11) is 0. The van der Waals surface area contributed by atoms with Gasteiger partial charge in [0, 0.05) is 18.8 Å². The highest BCUT2D eigenvalue weighted by atomic mass is 16.2. The van der Waals surface area contributed by atoms with Gasteiger partial charge in [-0.3, -0.25) is 25.2 Å². The Kier molecular flexibility index (Phi) is 6.29. The number of carbonyl (C=O) groups excluding carboxylic acids is 3. The van der Waals surface area contributed by atoms with Crippen LogP contribution in [0.5, 0.6) is 0 Å². The van der Waals surface area contributed by atoms with Gasteiger partial charge < -0.3 is 10.2 Å². The summed E-state index contributed by atoms with van der Waals surface area (Å²) in [6.45, 7) is 3.47. The van der Waals surface area contributed by atoms with E-state index in [1.165, 1.54) is 11.8 Å². The SMILES string of the molecule is CC(=O)N1C=Cc2ccccc2C1CC(=O)NNC(=O)CNc1ccc(C)cc1. The van der Waals surface area contributed by atoms with E-state index in [9.17, 15) is 14.4 Å². The molecule has 1 unspecified atom stereocenters. The number of benzene rings is 2. The lowest BCUT2D eigenvalue weighted by molar-refractivity contribution is -0.132. The molecular weight excluding hydrogens is 368 g/mol. The number of hydrogen-bond donors (Lipinski definition) is 3. The number of rotatable bonds is 5. The predicted molar refractivity (Wildman–Crippen MR) is 111 cm³/mol. The average molecular weight is 392 g/mol. The molecule has 3 amide bonds. The molecular formula is C22H24N4O3. The maximum Gasteiger partial charge on any atom is 0.257 e. The Morgan fingerprint density at radius 3 is 2.38 bits per heavy atom. The number of hydrogen-bond acceptors (Lipinski definition) is 4. The van der Waals surface area contributed by atoms with Crippen LogP contribution in [0, 0.1) is 6.92 Å². The molecule has 0 spiro atoms. The Morgan fingerprint density at radius 1 is 0.966 bits per heavy atom. The van der Waals surface area contributed by atoms with Crippen LogP contribution in [0.1, 0.15) is 36.1 Å². The fourth-order valence-electron chi connectivity index (χ4n) is 3.18. The Bertz CT molecular complexity index is 937. The normalized spacial score (nSPS) is 14.7. The minimum atomic E-state index is -0.420. The van der Waals surface area contributed by atoms with Gasteiger partial charge in [-0.15, -0.1) is 0 Å². The van der Waals surface area contributed by atoms with Crippen LogP contribution in [0.15, 0.2) is 54.7 Å². The summed E-state index contributed by atoms with van der Waals surface area (Å²) in [5.74, 6) is -0.902. The van der Waals surface area contributed by atoms with Gasteiger partial charge in [0.25, 0.3) is 5.91 Å². The minimum absolute atomic E-state index is 0.0257. The van der Waals surface area contributed by atoms with Crippen LogP contribution >= 0.6 is 0 Å². The molecule has 2 aromatic rings. The van der Waals surface area contributed by atoms with Crippen molar-refractivity contribution in [3.05, 3.63) is 71.4 Å². The molecule has 0 aliphatic carbocycles. The third-order valence-corrected chi connectivity index (χ3v) is 4.69. The predicted octanol–water partition coefficient (Wildman–Crippen LogP) is 2.52. The van der Waals surface area contributed by atoms with E-state index in [1.807, 2.05) is 61.5 Å². The molecule has 1 heterocycles. The topological polar surface area (TPSA) is 90.5 Å². The second-order valence-corrected chi connectivity index (χ2v) is 6.91. The minimum Gasteiger partial charge on any atom is -0.376 e. The zero-order chi connectivity index (χ0) is 20.8. The van der Waals surface area contributed by atoms with Gasteiger partial charge in [0.15, 0.2) is 0 Å². The summed E-state index contributed by atoms with van der Waals surface area (Å²) < 4.78 is 0. The van der Waals surface area contributed by atoms with Crippen LogP contribution in [0.4, 0.5) is 5.69 Å². The van der Waals surface area contributed by atoms with Crippen molar-refractivity contribution < 1.29 is 14.4 Å². The largest absolute Gasteiger partial charge is 0.376 e. The highest BCUT2D eigenvalue weighted by Crippen LogP contribution is 2.32. The quantitative estimate of drug-likeness (QED) is 0.682. The molecule has 3 rings (SSSR count). The first-order valence-corrected chi connectivity index (χ1v) is 9.38. The van der Waals surface area contributed by atoms with Gasteiger partial charge in [0.05, 0.1) is 19.0 Å². The van der Waals surface area contributed by atoms with Gasteiger partial charge in [0.1, 0.15) is 0 Å². The van der Waals surface area contributed by atoms with E-state index in [2.05, 4.69) is 16.2 Å². The molecule has 3 N–H and O–H groups in total. The van der Waals surface area contributed by atoms with E-state index in [-0.39, 0.29) is 30.7 Å². The number of nitrogens with one attached hydrogen (secondary N) is 3. The first-order chi connectivity index (χ1) is 13.9. The van der Waals surface area contributed by atoms with Gasteiger partial charge >= 0.3 is 0 Å². The Morgan fingerprint density at radius 2 is 1.66 bits per heavy atom. The van der Waals surface area contributed by atoms with Crippen molar-refractivity contribution in [2.24, 2.45) is 0 Å². The third kappa shape index (κ3) is 5.22. The molecule has 0 bridgehead atoms. The van der Waals surface area contributed by atoms with Crippen LogP contribution in [0.3, 0.4) is 0 Å². The third-order valence-electron chi connectivity index (χ3n) is 4.69. The summed E-state index contributed by atoms with van der Waals surface area (Å²) in [4.78, 5) is 37.9. The summed E-state index contributed by atoms with van der Waals surface area (Å²) in [6.07, 6.45) is 3.57. The molecule has 2 aromatic carbocycles. The highest BCUT2D eigenvalue weighted by Gasteiger charge is 2.28. The molecule has 150 valence electrons. The second-order valence-electron chi connectivity index (χ2n) is 6.91. The first-order valence-electron chi connectivity index (χ1n) is 9.38. The molecule has 0 fully saturated rings. The molecule has 1 aliphatic heterocycles. The Balaban J connectivity index is 1.53. The van der Waals surface area contributed by atoms with E-state index in [4.69, 9.17) is 0 Å². The van der Waals surface area contributed by atoms with Crippen LogP contribution < -0.4 is 16.2 Å². The van der Waals surface area contributed by atoms with E-state index in [0.717, 1.165) is 22.4 Å². The Labute approximate surface area is 169 Å². The fraction of sp³-hybridized carbons (Fsp3) is 0.227. The van der Waals surface area contributed by atoms with Crippen molar-refractivity contribution in [2.75, 3.05) is 11.9 Å². The lowest BCUT2D eigenvalue weighted by Gasteiger charge is -2.32. The van der Waals surface area contributed by atoms with Crippen molar-refractivity contribution >= 4 is 29.5 Å². The number of amides is 3. The van der Waals surface area contributed by atoms with Crippen LogP contribution in [0.25, 0.3) is 6.08 Å². The number of nitrogens with zero attached hydrogens (tertiary/aromatic N) is 1. The molecule has 0 saturated heterocycles. The van der Waals surface area contributed by atoms with Gasteiger partial charge in [-0.25, -0.2) is 0 Å². The number of fused-ring (bicyclic) bond motifs is 1. The van der Waals surface area contributed by atoms with Crippen molar-refractivity contribution in [2.45, 2.75) is 26.3 Å². The van der Waals surface area contributed by atoms with Crippen LogP contribution in [-0.2, 0) is 14.4 Å². The second kappa shape index (κ2) is 9.05. The van der Waals surface area contributed by atoms with Gasteiger partial charge in [-0.2, -0.15) is 0 Å². The molecule has 7 heteroatoms. The molecule has 1 aliphatic rings. The number of carbonyl (C=O) groups is 3. The molecule has 1 atom stereocenters. The van der Waals surface area contributed by atoms with Crippen LogP contribution in [0.2, 0.25) is 0 Å². The van der Waals surface area contributed by atoms with Gasteiger partial charge in [-0.1, -0.05) is 42.0 Å². The van der Waals surface area contributed by atoms with E-state index in [1.54, 1.807) is 6.20 Å². The smallest absolute Gasteiger partial charge is 0.257 e. The van der Waals surface area contributed by atoms with E-state index < -0.39 is 6.04 Å². The maximum absolute atomic E-state index is 12.4. The zero-order valence-electron chi connectivity index (χ0n) is 16.4. The average Bonchev–Trinajstić information content (AvgIpc) is 2.72. The van der Waals surface area contributed by atoms with Gasteiger partial charge in [-0.05, 0) is 36.3 Å². The standard InChI is InChI=1S/C22H24N4O3/c1-15-7-9-18(10-8-15)23-14-22(29)25-24-21(28)13-20-19-6-4-3-5-17(19)11-12-26(20)16(2)27/h3-12,20,23H,13-14H2,1-2H3,(H,24,28)(H,25,29). The summed E-state index contributed by atoms with van der Waals surface area (Å²) in [5, 5.41) is 2.99. The summed E-state index contributed by atoms with van der Waals surface area (Å²) in [6, 6.07) is 14.8. The maximum atomic E-state index is 12.4. The van der Waals surface area contributed by atoms with Crippen molar-refractivity contribution in [3.8, 4) is 0 Å². The van der Waals surface area contributed by atoms with Crippen molar-refractivity contribution in [3.63, 3.8) is 0 Å². The van der Waals surface area contributed by atoms with Gasteiger partial charge in [0.2, 0.25) is 11.8 Å². The molecule has 7 nitrogen and oxygen atoms in total. The molecule has 0 saturated carbocycles. The number of hydrazine groups is 1. The monoisotopic (exact) mass is 392 g/mol. The number of aryl methyl sites for hydroxylation is 1. The lowest BCUT2D eigenvalue weighted by atomic mass is 9.93. The van der Waals surface area contributed by atoms with Crippen LogP contribution in [-0.4, -0.2) is 29.2 Å². The van der Waals surface area contributed by atoms with Crippen molar-refractivity contribution in [1.82, 2.24) is 15.8 Å². The number of anilines is 1. The van der Waals surface area contributed by atoms with E-state index >= 15 is 0 Å². The lowest BCUT2D eigenvalue weighted by Crippen LogP contribution is -2.45. The molecule has 0 radical (unpaired) electrons. The molecule has 0 aromatic heterocycles. The fourth-order valence-corrected chi connectivity index (χ4v) is 3.18. The summed E-state index contributed by atoms with van der Waals surface area (Å²) >= 11 is 0. The zero-order valence-corrected chi connectivity index (χ0v) is 16.4. The highest BCUT2D eigenvalue weighted by molar-refractivity contribution is 5.85. The van der Waals surface area contributed by atoms with E-state index in [0.29, 0.717) is 0 Å². The van der Waals surface area contributed by atoms with Crippen molar-refractivity contribution in [1.29, 1.82) is 0 Å².